The average Bonchev–Trinajstić information content (AvgIpc) is 3.00. The molecule has 5 nitrogen and oxygen atoms in total. The third-order valence-electron chi connectivity index (χ3n) is 5.15. The van der Waals surface area contributed by atoms with Gasteiger partial charge in [-0.3, -0.25) is 4.79 Å². The molecule has 1 aromatic heterocycles. The molecule has 0 spiro atoms. The maximum atomic E-state index is 14.3. The molecule has 2 heterocycles. The summed E-state index contributed by atoms with van der Waals surface area (Å²) in [6.07, 6.45) is 7.04. The van der Waals surface area contributed by atoms with Crippen molar-refractivity contribution in [2.75, 3.05) is 6.54 Å². The van der Waals surface area contributed by atoms with E-state index in [-0.39, 0.29) is 24.7 Å². The number of halogens is 2. The number of aromatic nitrogens is 2. The Morgan fingerprint density at radius 1 is 1.43 bits per heavy atom. The van der Waals surface area contributed by atoms with Gasteiger partial charge < -0.3 is 15.0 Å². The second-order valence-corrected chi connectivity index (χ2v) is 6.75. The Labute approximate surface area is 134 Å². The van der Waals surface area contributed by atoms with Gasteiger partial charge >= 0.3 is 0 Å². The quantitative estimate of drug-likeness (QED) is 0.887. The fourth-order valence-corrected chi connectivity index (χ4v) is 3.59. The summed E-state index contributed by atoms with van der Waals surface area (Å²) in [5.41, 5.74) is -1.98. The summed E-state index contributed by atoms with van der Waals surface area (Å²) in [6.45, 7) is -0.327. The zero-order valence-electron chi connectivity index (χ0n) is 13.1. The van der Waals surface area contributed by atoms with Crippen molar-refractivity contribution in [2.24, 2.45) is 5.92 Å². The van der Waals surface area contributed by atoms with Crippen LogP contribution < -0.4 is 5.32 Å². The Balaban J connectivity index is 1.56. The number of nitrogens with zero attached hydrogens (tertiary/aromatic N) is 2. The zero-order valence-corrected chi connectivity index (χ0v) is 13.1. The van der Waals surface area contributed by atoms with Gasteiger partial charge in [-0.25, -0.2) is 13.8 Å². The van der Waals surface area contributed by atoms with Crippen molar-refractivity contribution in [1.82, 2.24) is 14.9 Å². The lowest BCUT2D eigenvalue weighted by Crippen LogP contribution is -2.56. The highest BCUT2D eigenvalue weighted by atomic mass is 19.3. The van der Waals surface area contributed by atoms with Gasteiger partial charge in [0.2, 0.25) is 5.91 Å². The maximum absolute atomic E-state index is 14.3. The van der Waals surface area contributed by atoms with Crippen molar-refractivity contribution in [3.63, 3.8) is 0 Å². The smallest absolute Gasteiger partial charge is 0.293 e. The number of aliphatic hydroxyl groups is 1. The molecule has 0 aromatic carbocycles. The summed E-state index contributed by atoms with van der Waals surface area (Å²) in [6, 6.07) is 0. The van der Waals surface area contributed by atoms with E-state index in [1.54, 1.807) is 12.4 Å². The van der Waals surface area contributed by atoms with E-state index >= 15 is 0 Å². The van der Waals surface area contributed by atoms with Crippen LogP contribution in [0.2, 0.25) is 0 Å². The molecule has 0 saturated heterocycles. The number of hydrogen-bond acceptors (Lipinski definition) is 3. The summed E-state index contributed by atoms with van der Waals surface area (Å²) >= 11 is 0. The average molecular weight is 327 g/mol. The van der Waals surface area contributed by atoms with Crippen LogP contribution in [-0.4, -0.2) is 38.6 Å². The van der Waals surface area contributed by atoms with Gasteiger partial charge in [-0.1, -0.05) is 19.3 Å². The van der Waals surface area contributed by atoms with Gasteiger partial charge in [0.05, 0.1) is 12.5 Å². The number of aryl methyl sites for hydroxylation is 1. The highest BCUT2D eigenvalue weighted by molar-refractivity contribution is 5.78. The van der Waals surface area contributed by atoms with E-state index in [2.05, 4.69) is 10.3 Å². The lowest BCUT2D eigenvalue weighted by molar-refractivity contribution is -0.193. The van der Waals surface area contributed by atoms with Crippen LogP contribution in [0.15, 0.2) is 12.4 Å². The van der Waals surface area contributed by atoms with E-state index in [0.717, 1.165) is 12.2 Å². The molecule has 2 N–H and O–H groups in total. The number of rotatable bonds is 4. The first-order valence-corrected chi connectivity index (χ1v) is 8.29. The van der Waals surface area contributed by atoms with Crippen molar-refractivity contribution in [3.8, 4) is 0 Å². The molecular formula is C16H23F2N3O2. The lowest BCUT2D eigenvalue weighted by atomic mass is 9.80. The van der Waals surface area contributed by atoms with Crippen molar-refractivity contribution < 1.29 is 18.7 Å². The predicted octanol–water partition coefficient (Wildman–Crippen LogP) is 1.89. The summed E-state index contributed by atoms with van der Waals surface area (Å²) in [4.78, 5) is 16.4. The van der Waals surface area contributed by atoms with E-state index in [9.17, 15) is 18.7 Å². The molecule has 1 aliphatic carbocycles. The molecule has 23 heavy (non-hydrogen) atoms. The third-order valence-corrected chi connectivity index (χ3v) is 5.15. The monoisotopic (exact) mass is 327 g/mol. The summed E-state index contributed by atoms with van der Waals surface area (Å²) in [5.74, 6) is -3.06. The van der Waals surface area contributed by atoms with Gasteiger partial charge in [-0.05, 0) is 19.3 Å². The number of carbonyl (C=O) groups is 1. The minimum atomic E-state index is -3.29. The van der Waals surface area contributed by atoms with Crippen LogP contribution in [0.3, 0.4) is 0 Å². The Morgan fingerprint density at radius 3 is 2.91 bits per heavy atom. The molecule has 1 unspecified atom stereocenters. The second-order valence-electron chi connectivity index (χ2n) is 6.75. The second kappa shape index (κ2) is 6.19. The normalized spacial score (nSPS) is 24.0. The van der Waals surface area contributed by atoms with Crippen LogP contribution in [-0.2, 0) is 17.8 Å². The van der Waals surface area contributed by atoms with Gasteiger partial charge in [-0.2, -0.15) is 0 Å². The molecule has 128 valence electrons. The molecule has 0 radical (unpaired) electrons. The highest BCUT2D eigenvalue weighted by Gasteiger charge is 2.52. The van der Waals surface area contributed by atoms with Crippen molar-refractivity contribution in [1.29, 1.82) is 0 Å². The minimum absolute atomic E-state index is 0.0949. The molecule has 1 amide bonds. The molecule has 1 fully saturated rings. The number of carbonyl (C=O) groups excluding carboxylic acids is 1. The van der Waals surface area contributed by atoms with Gasteiger partial charge in [0.15, 0.2) is 0 Å². The van der Waals surface area contributed by atoms with Crippen LogP contribution in [0.5, 0.6) is 0 Å². The van der Waals surface area contributed by atoms with E-state index in [1.165, 1.54) is 0 Å². The first-order valence-electron chi connectivity index (χ1n) is 8.29. The molecule has 1 atom stereocenters. The van der Waals surface area contributed by atoms with Crippen LogP contribution in [0.1, 0.15) is 44.3 Å². The summed E-state index contributed by atoms with van der Waals surface area (Å²) in [5, 5.41) is 12.6. The van der Waals surface area contributed by atoms with Crippen LogP contribution in [0.25, 0.3) is 0 Å². The van der Waals surface area contributed by atoms with Gasteiger partial charge in [0, 0.05) is 25.4 Å². The van der Waals surface area contributed by atoms with Crippen LogP contribution >= 0.6 is 0 Å². The van der Waals surface area contributed by atoms with Crippen molar-refractivity contribution >= 4 is 5.91 Å². The number of fused-ring (bicyclic) bond motifs is 1. The predicted molar refractivity (Wildman–Crippen MR) is 80.0 cm³/mol. The number of hydrogen-bond donors (Lipinski definition) is 2. The molecule has 1 aliphatic heterocycles. The molecule has 2 aliphatic rings. The number of nitrogens with one attached hydrogen (secondary N) is 1. The Bertz CT molecular complexity index is 567. The lowest BCUT2D eigenvalue weighted by Gasteiger charge is -2.39. The maximum Gasteiger partial charge on any atom is 0.293 e. The summed E-state index contributed by atoms with van der Waals surface area (Å²) in [7, 11) is 0. The van der Waals surface area contributed by atoms with E-state index in [0.29, 0.717) is 32.2 Å². The Hall–Kier alpha value is -1.50. The number of amides is 1. The highest BCUT2D eigenvalue weighted by Crippen LogP contribution is 2.40. The first kappa shape index (κ1) is 16.4. The minimum Gasteiger partial charge on any atom is -0.384 e. The van der Waals surface area contributed by atoms with Crippen LogP contribution in [0.4, 0.5) is 8.78 Å². The largest absolute Gasteiger partial charge is 0.384 e. The van der Waals surface area contributed by atoms with Gasteiger partial charge in [-0.15, -0.1) is 0 Å². The summed E-state index contributed by atoms with van der Waals surface area (Å²) < 4.78 is 30.6. The van der Waals surface area contributed by atoms with E-state index in [4.69, 9.17) is 0 Å². The van der Waals surface area contributed by atoms with Gasteiger partial charge in [0.1, 0.15) is 11.4 Å². The Kier molecular flexibility index (Phi) is 4.40. The third kappa shape index (κ3) is 3.24. The number of alkyl halides is 2. The SMILES string of the molecule is O=C(NCC(F)(F)C1(O)CCCCC1)C1CCc2nccn2C1. The molecular weight excluding hydrogens is 304 g/mol. The molecule has 1 saturated carbocycles. The zero-order chi connectivity index (χ0) is 16.5. The van der Waals surface area contributed by atoms with E-state index < -0.39 is 18.1 Å². The van der Waals surface area contributed by atoms with Gasteiger partial charge in [0.25, 0.3) is 5.92 Å². The molecule has 0 bridgehead atoms. The topological polar surface area (TPSA) is 67.2 Å². The van der Waals surface area contributed by atoms with E-state index in [1.807, 2.05) is 4.57 Å². The molecule has 7 heteroatoms. The first-order chi connectivity index (χ1) is 10.9. The fourth-order valence-electron chi connectivity index (χ4n) is 3.59. The molecule has 3 rings (SSSR count). The Morgan fingerprint density at radius 2 is 2.17 bits per heavy atom. The van der Waals surface area contributed by atoms with Crippen molar-refractivity contribution in [3.05, 3.63) is 18.2 Å². The fraction of sp³-hybridized carbons (Fsp3) is 0.750. The van der Waals surface area contributed by atoms with Crippen LogP contribution in [0, 0.1) is 5.92 Å². The van der Waals surface area contributed by atoms with Crippen molar-refractivity contribution in [2.45, 2.75) is 63.0 Å². The molecule has 1 aromatic rings. The standard InChI is InChI=1S/C16H23F2N3O2/c17-16(18,15(23)6-2-1-3-7-15)11-20-14(22)12-4-5-13-19-8-9-21(13)10-12/h8-9,12,23H,1-7,10-11H2,(H,20,22). The number of imidazole rings is 1.